The van der Waals surface area contributed by atoms with Crippen LogP contribution in [0, 0.1) is 6.92 Å². The third-order valence-corrected chi connectivity index (χ3v) is 2.46. The third-order valence-electron chi connectivity index (χ3n) is 2.46. The lowest BCUT2D eigenvalue weighted by molar-refractivity contribution is 0.0934. The molecule has 18 heavy (non-hydrogen) atoms. The van der Waals surface area contributed by atoms with Crippen LogP contribution in [0.1, 0.15) is 35.0 Å². The van der Waals surface area contributed by atoms with Gasteiger partial charge in [0.25, 0.3) is 5.91 Å². The molecule has 0 aliphatic carbocycles. The maximum Gasteiger partial charge on any atom is 0.255 e. The number of nitrogens with zero attached hydrogens (tertiary/aromatic N) is 2. The number of nitrogens with two attached hydrogens (primary N) is 1. The largest absolute Gasteiger partial charge is 0.444 e. The van der Waals surface area contributed by atoms with E-state index in [1.165, 1.54) is 12.4 Å². The molecule has 0 fully saturated rings. The summed E-state index contributed by atoms with van der Waals surface area (Å²) in [6.07, 6.45) is 4.57. The fourth-order valence-electron chi connectivity index (χ4n) is 1.50. The summed E-state index contributed by atoms with van der Waals surface area (Å²) in [6.45, 7) is 3.58. The van der Waals surface area contributed by atoms with Crippen molar-refractivity contribution in [1.82, 2.24) is 15.3 Å². The van der Waals surface area contributed by atoms with Gasteiger partial charge in [-0.1, -0.05) is 0 Å². The molecule has 0 bridgehead atoms. The lowest BCUT2D eigenvalue weighted by atomic mass is 10.2. The zero-order chi connectivity index (χ0) is 13.1. The average Bonchev–Trinajstić information content (AvgIpc) is 2.76. The van der Waals surface area contributed by atoms with E-state index in [1.807, 2.05) is 0 Å². The topological polar surface area (TPSA) is 94.0 Å². The van der Waals surface area contributed by atoms with Crippen LogP contribution in [0.15, 0.2) is 29.1 Å². The molecule has 3 N–H and O–H groups in total. The first kappa shape index (κ1) is 12.1. The van der Waals surface area contributed by atoms with Gasteiger partial charge in [0, 0.05) is 18.1 Å². The third kappa shape index (κ3) is 2.48. The van der Waals surface area contributed by atoms with Crippen molar-refractivity contribution in [1.29, 1.82) is 0 Å². The molecular weight excluding hydrogens is 232 g/mol. The Balaban J connectivity index is 2.10. The Morgan fingerprint density at radius 1 is 1.50 bits per heavy atom. The minimum atomic E-state index is -0.328. The number of oxazole rings is 1. The Bertz CT molecular complexity index is 565. The molecule has 6 heteroatoms. The number of aryl methyl sites for hydroxylation is 1. The molecule has 2 aromatic rings. The normalized spacial score (nSPS) is 12.1. The minimum absolute atomic E-state index is 0.302. The second-order valence-electron chi connectivity index (χ2n) is 3.97. The van der Waals surface area contributed by atoms with E-state index in [-0.39, 0.29) is 11.9 Å². The number of carbonyl (C=O) groups excluding carboxylic acids is 1. The van der Waals surface area contributed by atoms with Crippen LogP contribution in [-0.2, 0) is 0 Å². The van der Waals surface area contributed by atoms with E-state index in [1.54, 1.807) is 26.1 Å². The quantitative estimate of drug-likeness (QED) is 0.854. The van der Waals surface area contributed by atoms with E-state index in [0.717, 1.165) is 0 Å². The number of hydrogen-bond donors (Lipinski definition) is 2. The van der Waals surface area contributed by atoms with Crippen molar-refractivity contribution in [2.45, 2.75) is 19.9 Å². The van der Waals surface area contributed by atoms with Crippen LogP contribution in [0.3, 0.4) is 0 Å². The molecule has 0 radical (unpaired) electrons. The lowest BCUT2D eigenvalue weighted by Crippen LogP contribution is -2.27. The van der Waals surface area contributed by atoms with E-state index < -0.39 is 0 Å². The maximum absolute atomic E-state index is 12.0. The van der Waals surface area contributed by atoms with Crippen LogP contribution in [-0.4, -0.2) is 15.9 Å². The number of rotatable bonds is 3. The number of nitrogens with one attached hydrogen (secondary N) is 1. The molecule has 0 saturated heterocycles. The van der Waals surface area contributed by atoms with Gasteiger partial charge in [0.2, 0.25) is 5.89 Å². The highest BCUT2D eigenvalue weighted by Gasteiger charge is 2.16. The molecule has 1 unspecified atom stereocenters. The Kier molecular flexibility index (Phi) is 3.27. The van der Waals surface area contributed by atoms with Crippen molar-refractivity contribution in [3.63, 3.8) is 0 Å². The van der Waals surface area contributed by atoms with Crippen LogP contribution in [0.5, 0.6) is 0 Å². The number of nitrogen functional groups attached to an aromatic ring is 1. The zero-order valence-corrected chi connectivity index (χ0v) is 10.2. The Hall–Kier alpha value is -2.37. The van der Waals surface area contributed by atoms with Crippen molar-refractivity contribution in [3.8, 4) is 0 Å². The molecule has 2 heterocycles. The lowest BCUT2D eigenvalue weighted by Gasteiger charge is -2.11. The van der Waals surface area contributed by atoms with Crippen molar-refractivity contribution in [2.75, 3.05) is 5.73 Å². The number of hydrogen-bond acceptors (Lipinski definition) is 5. The summed E-state index contributed by atoms with van der Waals surface area (Å²) in [5, 5.41) is 2.75. The van der Waals surface area contributed by atoms with Crippen LogP contribution in [0.4, 0.5) is 5.69 Å². The van der Waals surface area contributed by atoms with Crippen molar-refractivity contribution < 1.29 is 9.21 Å². The molecule has 1 atom stereocenters. The van der Waals surface area contributed by atoms with E-state index in [0.29, 0.717) is 22.9 Å². The molecule has 2 rings (SSSR count). The van der Waals surface area contributed by atoms with E-state index in [9.17, 15) is 4.79 Å². The van der Waals surface area contributed by atoms with E-state index in [4.69, 9.17) is 10.2 Å². The molecule has 0 aliphatic heterocycles. The number of pyridine rings is 1. The summed E-state index contributed by atoms with van der Waals surface area (Å²) >= 11 is 0. The van der Waals surface area contributed by atoms with Crippen molar-refractivity contribution in [3.05, 3.63) is 41.9 Å². The Morgan fingerprint density at radius 2 is 2.28 bits per heavy atom. The summed E-state index contributed by atoms with van der Waals surface area (Å²) in [5.74, 6) is 0.860. The monoisotopic (exact) mass is 246 g/mol. The van der Waals surface area contributed by atoms with Crippen molar-refractivity contribution >= 4 is 11.6 Å². The highest BCUT2D eigenvalue weighted by atomic mass is 16.4. The molecule has 2 aromatic heterocycles. The molecule has 1 amide bonds. The van der Waals surface area contributed by atoms with Gasteiger partial charge in [0.1, 0.15) is 11.8 Å². The van der Waals surface area contributed by atoms with Gasteiger partial charge in [0.05, 0.1) is 11.8 Å². The predicted octanol–water partition coefficient (Wildman–Crippen LogP) is 1.45. The van der Waals surface area contributed by atoms with Crippen LogP contribution >= 0.6 is 0 Å². The SMILES string of the molecule is Cc1cnc(C(C)NC(=O)c2cnccc2N)o1. The molecular formula is C12H14N4O2. The van der Waals surface area contributed by atoms with E-state index >= 15 is 0 Å². The molecule has 0 saturated carbocycles. The molecule has 94 valence electrons. The fraction of sp³-hybridized carbons (Fsp3) is 0.250. The summed E-state index contributed by atoms with van der Waals surface area (Å²) in [7, 11) is 0. The van der Waals surface area contributed by atoms with Crippen LogP contribution in [0.2, 0.25) is 0 Å². The van der Waals surface area contributed by atoms with Gasteiger partial charge in [-0.3, -0.25) is 9.78 Å². The molecule has 0 aliphatic rings. The first-order valence-electron chi connectivity index (χ1n) is 5.50. The van der Waals surface area contributed by atoms with Gasteiger partial charge < -0.3 is 15.5 Å². The van der Waals surface area contributed by atoms with E-state index in [2.05, 4.69) is 15.3 Å². The van der Waals surface area contributed by atoms with Crippen molar-refractivity contribution in [2.24, 2.45) is 0 Å². The first-order valence-corrected chi connectivity index (χ1v) is 5.50. The highest BCUT2D eigenvalue weighted by Crippen LogP contribution is 2.14. The van der Waals surface area contributed by atoms with Gasteiger partial charge in [-0.15, -0.1) is 0 Å². The van der Waals surface area contributed by atoms with Gasteiger partial charge in [0.15, 0.2) is 0 Å². The van der Waals surface area contributed by atoms with Gasteiger partial charge in [-0.25, -0.2) is 4.98 Å². The zero-order valence-electron chi connectivity index (χ0n) is 10.2. The maximum atomic E-state index is 12.0. The summed E-state index contributed by atoms with van der Waals surface area (Å²) in [6, 6.07) is 1.25. The number of aromatic nitrogens is 2. The molecule has 0 aromatic carbocycles. The van der Waals surface area contributed by atoms with Crippen LogP contribution in [0.25, 0.3) is 0 Å². The minimum Gasteiger partial charge on any atom is -0.444 e. The summed E-state index contributed by atoms with van der Waals surface area (Å²) in [5.41, 5.74) is 6.43. The Labute approximate surface area is 104 Å². The predicted molar refractivity (Wildman–Crippen MR) is 65.8 cm³/mol. The standard InChI is InChI=1S/C12H14N4O2/c1-7-5-15-12(18-7)8(2)16-11(17)9-6-14-4-3-10(9)13/h3-6,8H,1-2H3,(H2,13,14)(H,16,17). The average molecular weight is 246 g/mol. The second kappa shape index (κ2) is 4.87. The van der Waals surface area contributed by atoms with Gasteiger partial charge >= 0.3 is 0 Å². The number of amides is 1. The number of anilines is 1. The second-order valence-corrected chi connectivity index (χ2v) is 3.97. The summed E-state index contributed by atoms with van der Waals surface area (Å²) < 4.78 is 5.34. The first-order chi connectivity index (χ1) is 8.58. The smallest absolute Gasteiger partial charge is 0.255 e. The van der Waals surface area contributed by atoms with Gasteiger partial charge in [-0.05, 0) is 19.9 Å². The summed E-state index contributed by atoms with van der Waals surface area (Å²) in [4.78, 5) is 19.9. The molecule has 6 nitrogen and oxygen atoms in total. The van der Waals surface area contributed by atoms with Crippen LogP contribution < -0.4 is 11.1 Å². The Morgan fingerprint density at radius 3 is 2.89 bits per heavy atom. The number of carbonyl (C=O) groups is 1. The fourth-order valence-corrected chi connectivity index (χ4v) is 1.50. The highest BCUT2D eigenvalue weighted by molar-refractivity contribution is 5.98. The van der Waals surface area contributed by atoms with Gasteiger partial charge in [-0.2, -0.15) is 0 Å². The molecule has 0 spiro atoms.